The van der Waals surface area contributed by atoms with Crippen LogP contribution in [-0.4, -0.2) is 93.8 Å². The van der Waals surface area contributed by atoms with Gasteiger partial charge in [-0.1, -0.05) is 42.5 Å². The Morgan fingerprint density at radius 1 is 1.00 bits per heavy atom. The molecule has 1 amide bonds. The number of piperazine rings is 1. The lowest BCUT2D eigenvalue weighted by Gasteiger charge is -2.33. The van der Waals surface area contributed by atoms with Gasteiger partial charge >= 0.3 is 5.97 Å². The number of hydrogen-bond donors (Lipinski definition) is 3. The fourth-order valence-electron chi connectivity index (χ4n) is 6.21. The maximum atomic E-state index is 13.5. The Hall–Kier alpha value is -4.36. The number of amides is 1. The van der Waals surface area contributed by atoms with E-state index in [0.29, 0.717) is 16.9 Å². The largest absolute Gasteiger partial charge is 0.442 e. The van der Waals surface area contributed by atoms with Crippen LogP contribution in [0.2, 0.25) is 0 Å². The molecule has 2 aromatic carbocycles. The first-order valence-electron chi connectivity index (χ1n) is 16.4. The monoisotopic (exact) mass is 673 g/mol. The summed E-state index contributed by atoms with van der Waals surface area (Å²) in [6, 6.07) is 16.5. The number of aryl methyl sites for hydroxylation is 1. The van der Waals surface area contributed by atoms with Crippen molar-refractivity contribution in [3.05, 3.63) is 90.0 Å². The number of nitrogens with two attached hydrogens (primary N) is 1. The number of carbonyl (C=O) groups is 2. The minimum Gasteiger partial charge on any atom is -0.442 e. The molecule has 2 fully saturated rings. The molecule has 0 aliphatic carbocycles. The summed E-state index contributed by atoms with van der Waals surface area (Å²) in [6.45, 7) is 10.8. The minimum atomic E-state index is -1.23. The molecular formula is C35H44ClN9O3. The van der Waals surface area contributed by atoms with Crippen LogP contribution in [-0.2, 0) is 9.53 Å². The second-order valence-corrected chi connectivity index (χ2v) is 12.3. The zero-order valence-corrected chi connectivity index (χ0v) is 28.1. The number of esters is 1. The van der Waals surface area contributed by atoms with Crippen LogP contribution in [0.25, 0.3) is 11.3 Å². The van der Waals surface area contributed by atoms with Crippen molar-refractivity contribution in [1.82, 2.24) is 34.9 Å². The molecule has 4 aromatic rings. The second kappa shape index (κ2) is 16.6. The molecule has 2 aromatic heterocycles. The van der Waals surface area contributed by atoms with Gasteiger partial charge in [0.15, 0.2) is 11.5 Å². The van der Waals surface area contributed by atoms with E-state index in [1.165, 1.54) is 12.6 Å². The molecule has 2 saturated heterocycles. The molecule has 0 radical (unpaired) electrons. The molecule has 2 aliphatic heterocycles. The molecule has 6 rings (SSSR count). The maximum Gasteiger partial charge on any atom is 0.361 e. The lowest BCUT2D eigenvalue weighted by atomic mass is 10.1. The Morgan fingerprint density at radius 2 is 1.73 bits per heavy atom. The molecule has 254 valence electrons. The van der Waals surface area contributed by atoms with Gasteiger partial charge in [-0.2, -0.15) is 5.10 Å². The number of nitrogens with one attached hydrogen (secondary N) is 2. The number of anilines is 2. The topological polar surface area (TPSA) is 144 Å². The van der Waals surface area contributed by atoms with E-state index in [4.69, 9.17) is 10.5 Å². The van der Waals surface area contributed by atoms with Gasteiger partial charge in [-0.25, -0.2) is 14.8 Å². The number of ether oxygens (including phenoxy) is 1. The first kappa shape index (κ1) is 35.0. The fourth-order valence-corrected chi connectivity index (χ4v) is 6.21. The van der Waals surface area contributed by atoms with Crippen molar-refractivity contribution in [2.24, 2.45) is 0 Å². The number of carbonyl (C=O) groups excluding carboxylic acids is 2. The number of nitrogen functional groups attached to an aromatic ring is 1. The molecule has 0 spiro atoms. The van der Waals surface area contributed by atoms with Gasteiger partial charge in [-0.15, -0.1) is 12.4 Å². The van der Waals surface area contributed by atoms with E-state index in [-0.39, 0.29) is 30.0 Å². The molecule has 4 N–H and O–H groups in total. The summed E-state index contributed by atoms with van der Waals surface area (Å²) in [6.07, 6.45) is 7.20. The van der Waals surface area contributed by atoms with Gasteiger partial charge in [0, 0.05) is 62.3 Å². The van der Waals surface area contributed by atoms with Crippen molar-refractivity contribution in [2.75, 3.05) is 63.4 Å². The SMILES string of the molecule is Cc1cccc(NC(=O)[C@H](OC(=O)c2nc(-c3cnn(C4CCN(CCCN5CCNCC5)CC4)c3)cnc2N)c2ccccc2)c1.Cl. The molecule has 0 saturated carbocycles. The normalized spacial score (nSPS) is 16.5. The Morgan fingerprint density at radius 3 is 2.46 bits per heavy atom. The van der Waals surface area contributed by atoms with Crippen molar-refractivity contribution in [3.63, 3.8) is 0 Å². The summed E-state index contributed by atoms with van der Waals surface area (Å²) in [7, 11) is 0. The van der Waals surface area contributed by atoms with E-state index >= 15 is 0 Å². The molecule has 4 heterocycles. The molecule has 13 heteroatoms. The molecule has 12 nitrogen and oxygen atoms in total. The van der Waals surface area contributed by atoms with Crippen LogP contribution in [0.3, 0.4) is 0 Å². The van der Waals surface area contributed by atoms with E-state index < -0.39 is 18.0 Å². The second-order valence-electron chi connectivity index (χ2n) is 12.3. The van der Waals surface area contributed by atoms with E-state index in [2.05, 4.69) is 35.5 Å². The summed E-state index contributed by atoms with van der Waals surface area (Å²) in [4.78, 5) is 40.7. The third-order valence-corrected chi connectivity index (χ3v) is 8.83. The van der Waals surface area contributed by atoms with Crippen LogP contribution < -0.4 is 16.4 Å². The Kier molecular flexibility index (Phi) is 12.1. The summed E-state index contributed by atoms with van der Waals surface area (Å²) in [5.74, 6) is -1.42. The number of aromatic nitrogens is 4. The van der Waals surface area contributed by atoms with Crippen molar-refractivity contribution in [1.29, 1.82) is 0 Å². The number of piperidine rings is 1. The average molecular weight is 674 g/mol. The van der Waals surface area contributed by atoms with Gasteiger partial charge in [0.05, 0.1) is 24.1 Å². The third kappa shape index (κ3) is 8.95. The van der Waals surface area contributed by atoms with Gasteiger partial charge in [-0.3, -0.25) is 9.48 Å². The predicted octanol–water partition coefficient (Wildman–Crippen LogP) is 4.12. The first-order valence-corrected chi connectivity index (χ1v) is 16.4. The highest BCUT2D eigenvalue weighted by atomic mass is 35.5. The number of rotatable bonds is 11. The van der Waals surface area contributed by atoms with Crippen molar-refractivity contribution < 1.29 is 14.3 Å². The molecule has 1 atom stereocenters. The summed E-state index contributed by atoms with van der Waals surface area (Å²) >= 11 is 0. The van der Waals surface area contributed by atoms with Crippen LogP contribution >= 0.6 is 12.4 Å². The molecule has 2 aliphatic rings. The third-order valence-electron chi connectivity index (χ3n) is 8.83. The molecule has 48 heavy (non-hydrogen) atoms. The van der Waals surface area contributed by atoms with Crippen LogP contribution in [0.4, 0.5) is 11.5 Å². The standard InChI is InChI=1S/C35H43N9O3.ClH/c1-25-7-5-10-28(21-25)40-34(45)32(26-8-3-2-4-9-26)47-35(46)31-33(36)38-23-30(41-31)27-22-39-44(24-27)29-11-17-42(18-12-29)15-6-16-43-19-13-37-14-20-43;/h2-5,7-10,21-24,29,32,37H,6,11-20H2,1H3,(H2,36,38)(H,40,45);1H/t32-;/m1./s1. The Bertz CT molecular complexity index is 1650. The van der Waals surface area contributed by atoms with Gasteiger partial charge in [-0.05, 0) is 57.0 Å². The highest BCUT2D eigenvalue weighted by molar-refractivity contribution is 5.99. The lowest BCUT2D eigenvalue weighted by Crippen LogP contribution is -2.44. The average Bonchev–Trinajstić information content (AvgIpc) is 3.59. The van der Waals surface area contributed by atoms with Crippen LogP contribution in [0.15, 0.2) is 73.2 Å². The number of halogens is 1. The van der Waals surface area contributed by atoms with Crippen LogP contribution in [0.1, 0.15) is 53.0 Å². The van der Waals surface area contributed by atoms with E-state index in [0.717, 1.165) is 76.3 Å². The highest BCUT2D eigenvalue weighted by Gasteiger charge is 2.28. The fraction of sp³-hybridized carbons (Fsp3) is 0.400. The van der Waals surface area contributed by atoms with Crippen molar-refractivity contribution in [3.8, 4) is 11.3 Å². The van der Waals surface area contributed by atoms with E-state index in [1.807, 2.05) is 42.1 Å². The predicted molar refractivity (Wildman–Crippen MR) is 188 cm³/mol. The Labute approximate surface area is 287 Å². The number of nitrogens with zero attached hydrogens (tertiary/aromatic N) is 6. The van der Waals surface area contributed by atoms with Crippen molar-refractivity contribution in [2.45, 2.75) is 38.3 Å². The number of hydrogen-bond acceptors (Lipinski definition) is 10. The summed E-state index contributed by atoms with van der Waals surface area (Å²) < 4.78 is 7.76. The minimum absolute atomic E-state index is 0. The quantitative estimate of drug-likeness (QED) is 0.199. The molecular weight excluding hydrogens is 630 g/mol. The van der Waals surface area contributed by atoms with E-state index in [1.54, 1.807) is 36.5 Å². The van der Waals surface area contributed by atoms with Crippen LogP contribution in [0, 0.1) is 6.92 Å². The van der Waals surface area contributed by atoms with Gasteiger partial charge in [0.1, 0.15) is 0 Å². The van der Waals surface area contributed by atoms with Gasteiger partial charge < -0.3 is 30.9 Å². The molecule has 0 unspecified atom stereocenters. The van der Waals surface area contributed by atoms with E-state index in [9.17, 15) is 9.59 Å². The zero-order valence-electron chi connectivity index (χ0n) is 27.3. The smallest absolute Gasteiger partial charge is 0.361 e. The van der Waals surface area contributed by atoms with Gasteiger partial charge in [0.25, 0.3) is 5.91 Å². The number of likely N-dealkylation sites (tertiary alicyclic amines) is 1. The highest BCUT2D eigenvalue weighted by Crippen LogP contribution is 2.27. The summed E-state index contributed by atoms with van der Waals surface area (Å²) in [5, 5.41) is 10.9. The Balaban J connectivity index is 0.00000451. The first-order chi connectivity index (χ1) is 22.9. The number of benzene rings is 2. The maximum absolute atomic E-state index is 13.5. The summed E-state index contributed by atoms with van der Waals surface area (Å²) in [5.41, 5.74) is 9.22. The van der Waals surface area contributed by atoms with Crippen molar-refractivity contribution >= 4 is 35.8 Å². The van der Waals surface area contributed by atoms with Gasteiger partial charge in [0.2, 0.25) is 6.10 Å². The van der Waals surface area contributed by atoms with Crippen LogP contribution in [0.5, 0.6) is 0 Å². The lowest BCUT2D eigenvalue weighted by molar-refractivity contribution is -0.125. The zero-order chi connectivity index (χ0) is 32.6. The molecule has 0 bridgehead atoms.